The molecule has 0 N–H and O–H groups in total. The summed E-state index contributed by atoms with van der Waals surface area (Å²) in [6, 6.07) is 0. The van der Waals surface area contributed by atoms with E-state index in [4.69, 9.17) is 4.74 Å². The third-order valence-corrected chi connectivity index (χ3v) is 4.33. The number of methoxy groups -OCH3 is 1. The van der Waals surface area contributed by atoms with Gasteiger partial charge in [-0.1, -0.05) is 13.8 Å². The molecule has 0 aromatic heterocycles. The van der Waals surface area contributed by atoms with E-state index < -0.39 is 0 Å². The molecule has 0 aromatic carbocycles. The Labute approximate surface area is 114 Å². The molecule has 0 aromatic rings. The lowest BCUT2D eigenvalue weighted by Gasteiger charge is -2.34. The minimum absolute atomic E-state index is 0.0882. The molecular weight excluding hydrogens is 244 g/mol. The molecule has 108 valence electrons. The second-order valence-corrected chi connectivity index (χ2v) is 5.72. The van der Waals surface area contributed by atoms with Crippen LogP contribution in [0, 0.1) is 23.7 Å². The highest BCUT2D eigenvalue weighted by molar-refractivity contribution is 5.89. The monoisotopic (exact) mass is 268 g/mol. The number of hydrogen-bond donors (Lipinski definition) is 0. The lowest BCUT2D eigenvalue weighted by Crippen LogP contribution is -2.39. The molecule has 19 heavy (non-hydrogen) atoms. The number of Topliss-reactive ketones (excluding diaryl/α,β-unsaturated/α-hetero) is 2. The quantitative estimate of drug-likeness (QED) is 0.718. The minimum Gasteiger partial charge on any atom is -0.469 e. The first-order valence-electron chi connectivity index (χ1n) is 6.99. The predicted molar refractivity (Wildman–Crippen MR) is 71.5 cm³/mol. The minimum atomic E-state index is -0.384. The van der Waals surface area contributed by atoms with Crippen LogP contribution in [-0.4, -0.2) is 24.6 Å². The molecule has 0 aliphatic heterocycles. The Kier molecular flexibility index (Phi) is 5.70. The van der Waals surface area contributed by atoms with E-state index in [9.17, 15) is 14.4 Å². The van der Waals surface area contributed by atoms with Gasteiger partial charge in [0.05, 0.1) is 13.0 Å². The molecule has 0 spiro atoms. The van der Waals surface area contributed by atoms with E-state index in [0.717, 1.165) is 12.8 Å². The van der Waals surface area contributed by atoms with Crippen LogP contribution < -0.4 is 0 Å². The van der Waals surface area contributed by atoms with E-state index in [1.54, 1.807) is 13.8 Å². The molecule has 0 radical (unpaired) electrons. The topological polar surface area (TPSA) is 60.4 Å². The smallest absolute Gasteiger partial charge is 0.309 e. The average Bonchev–Trinajstić information content (AvgIpc) is 2.36. The molecule has 1 fully saturated rings. The Balaban J connectivity index is 2.74. The van der Waals surface area contributed by atoms with Crippen molar-refractivity contribution in [2.75, 3.05) is 7.11 Å². The van der Waals surface area contributed by atoms with Crippen molar-refractivity contribution in [3.05, 3.63) is 0 Å². The fraction of sp³-hybridized carbons (Fsp3) is 0.800. The maximum absolute atomic E-state index is 12.5. The summed E-state index contributed by atoms with van der Waals surface area (Å²) in [4.78, 5) is 35.2. The molecule has 0 unspecified atom stereocenters. The van der Waals surface area contributed by atoms with E-state index in [1.807, 2.05) is 0 Å². The molecule has 0 saturated heterocycles. The van der Waals surface area contributed by atoms with Gasteiger partial charge in [0.2, 0.25) is 0 Å². The molecule has 0 amide bonds. The van der Waals surface area contributed by atoms with Gasteiger partial charge in [0.1, 0.15) is 11.6 Å². The van der Waals surface area contributed by atoms with Crippen molar-refractivity contribution in [3.8, 4) is 0 Å². The van der Waals surface area contributed by atoms with Crippen LogP contribution in [0.15, 0.2) is 0 Å². The highest BCUT2D eigenvalue weighted by atomic mass is 16.5. The van der Waals surface area contributed by atoms with Crippen LogP contribution in [0.2, 0.25) is 0 Å². The number of rotatable bonds is 5. The fourth-order valence-corrected chi connectivity index (χ4v) is 2.97. The van der Waals surface area contributed by atoms with Gasteiger partial charge in [-0.05, 0) is 32.1 Å². The number of carbonyl (C=O) groups is 3. The largest absolute Gasteiger partial charge is 0.469 e. The zero-order valence-corrected chi connectivity index (χ0v) is 12.3. The standard InChI is InChI=1S/C15H24O4/c1-9-5-7-13(11(3)15(18)19-4)14(17)12(9)8-6-10(2)16/h9,11-13H,5-8H2,1-4H3/t9-,11-,12-,13-/m1/s1. The van der Waals surface area contributed by atoms with Crippen molar-refractivity contribution in [2.45, 2.75) is 46.5 Å². The zero-order valence-electron chi connectivity index (χ0n) is 12.3. The number of ether oxygens (including phenoxy) is 1. The second-order valence-electron chi connectivity index (χ2n) is 5.72. The van der Waals surface area contributed by atoms with Gasteiger partial charge < -0.3 is 9.53 Å². The van der Waals surface area contributed by atoms with Crippen molar-refractivity contribution in [1.82, 2.24) is 0 Å². The molecule has 4 atom stereocenters. The van der Waals surface area contributed by atoms with Crippen molar-refractivity contribution in [2.24, 2.45) is 23.7 Å². The normalized spacial score (nSPS) is 28.8. The lowest BCUT2D eigenvalue weighted by atomic mass is 9.68. The van der Waals surface area contributed by atoms with E-state index >= 15 is 0 Å². The van der Waals surface area contributed by atoms with E-state index in [2.05, 4.69) is 6.92 Å². The molecular formula is C15H24O4. The first-order chi connectivity index (χ1) is 8.88. The van der Waals surface area contributed by atoms with Crippen LogP contribution in [0.25, 0.3) is 0 Å². The summed E-state index contributed by atoms with van der Waals surface area (Å²) < 4.78 is 4.73. The zero-order chi connectivity index (χ0) is 14.6. The first kappa shape index (κ1) is 15.9. The summed E-state index contributed by atoms with van der Waals surface area (Å²) >= 11 is 0. The number of hydrogen-bond acceptors (Lipinski definition) is 4. The van der Waals surface area contributed by atoms with Gasteiger partial charge in [-0.3, -0.25) is 9.59 Å². The SMILES string of the molecule is COC(=O)[C@H](C)[C@H]1CC[C@@H](C)[C@@H](CCC(C)=O)C1=O. The highest BCUT2D eigenvalue weighted by Crippen LogP contribution is 2.37. The van der Waals surface area contributed by atoms with Gasteiger partial charge in [0.25, 0.3) is 0 Å². The van der Waals surface area contributed by atoms with Crippen LogP contribution in [0.4, 0.5) is 0 Å². The van der Waals surface area contributed by atoms with Gasteiger partial charge in [0.15, 0.2) is 0 Å². The van der Waals surface area contributed by atoms with E-state index in [0.29, 0.717) is 18.8 Å². The average molecular weight is 268 g/mol. The number of carbonyl (C=O) groups excluding carboxylic acids is 3. The maximum Gasteiger partial charge on any atom is 0.309 e. The van der Waals surface area contributed by atoms with Gasteiger partial charge >= 0.3 is 5.97 Å². The molecule has 1 aliphatic carbocycles. The van der Waals surface area contributed by atoms with Gasteiger partial charge in [-0.2, -0.15) is 0 Å². The van der Waals surface area contributed by atoms with Gasteiger partial charge in [-0.25, -0.2) is 0 Å². The molecule has 0 heterocycles. The molecule has 4 heteroatoms. The van der Waals surface area contributed by atoms with Crippen LogP contribution in [0.1, 0.15) is 46.5 Å². The van der Waals surface area contributed by atoms with E-state index in [-0.39, 0.29) is 35.3 Å². The summed E-state index contributed by atoms with van der Waals surface area (Å²) in [6.07, 6.45) is 2.73. The summed E-state index contributed by atoms with van der Waals surface area (Å²) in [5.74, 6) is -0.493. The van der Waals surface area contributed by atoms with Crippen molar-refractivity contribution >= 4 is 17.5 Å². The van der Waals surface area contributed by atoms with Gasteiger partial charge in [-0.15, -0.1) is 0 Å². The Hall–Kier alpha value is -1.19. The van der Waals surface area contributed by atoms with Gasteiger partial charge in [0, 0.05) is 18.3 Å². The molecule has 1 saturated carbocycles. The lowest BCUT2D eigenvalue weighted by molar-refractivity contribution is -0.151. The van der Waals surface area contributed by atoms with Crippen molar-refractivity contribution in [1.29, 1.82) is 0 Å². The van der Waals surface area contributed by atoms with Crippen LogP contribution in [0.3, 0.4) is 0 Å². The first-order valence-corrected chi connectivity index (χ1v) is 6.99. The Morgan fingerprint density at radius 3 is 2.53 bits per heavy atom. The summed E-state index contributed by atoms with van der Waals surface area (Å²) in [5.41, 5.74) is 0. The number of ketones is 2. The molecule has 4 nitrogen and oxygen atoms in total. The van der Waals surface area contributed by atoms with Crippen LogP contribution >= 0.6 is 0 Å². The third kappa shape index (κ3) is 3.88. The summed E-state index contributed by atoms with van der Waals surface area (Å²) in [6.45, 7) is 5.36. The Bertz CT molecular complexity index is 361. The Morgan fingerprint density at radius 1 is 1.37 bits per heavy atom. The third-order valence-electron chi connectivity index (χ3n) is 4.33. The number of esters is 1. The van der Waals surface area contributed by atoms with Crippen LogP contribution in [0.5, 0.6) is 0 Å². The summed E-state index contributed by atoms with van der Waals surface area (Å²) in [7, 11) is 1.35. The second kappa shape index (κ2) is 6.83. The Morgan fingerprint density at radius 2 is 2.00 bits per heavy atom. The van der Waals surface area contributed by atoms with Crippen LogP contribution in [-0.2, 0) is 19.1 Å². The maximum atomic E-state index is 12.5. The molecule has 1 rings (SSSR count). The fourth-order valence-electron chi connectivity index (χ4n) is 2.97. The predicted octanol–water partition coefficient (Wildman–Crippen LogP) is 2.40. The molecule has 1 aliphatic rings. The summed E-state index contributed by atoms with van der Waals surface area (Å²) in [5, 5.41) is 0. The highest BCUT2D eigenvalue weighted by Gasteiger charge is 2.40. The molecule has 0 bridgehead atoms. The van der Waals surface area contributed by atoms with Crippen molar-refractivity contribution in [3.63, 3.8) is 0 Å². The van der Waals surface area contributed by atoms with E-state index in [1.165, 1.54) is 7.11 Å². The van der Waals surface area contributed by atoms with Crippen molar-refractivity contribution < 1.29 is 19.1 Å².